The van der Waals surface area contributed by atoms with Crippen LogP contribution in [0.15, 0.2) is 83.8 Å². The average molecular weight is 586 g/mol. The summed E-state index contributed by atoms with van der Waals surface area (Å²) in [6.07, 6.45) is 4.09. The van der Waals surface area contributed by atoms with Crippen molar-refractivity contribution in [2.75, 3.05) is 10.8 Å². The third-order valence-corrected chi connectivity index (χ3v) is 9.26. The molecule has 2 amide bonds. The molecule has 0 bridgehead atoms. The first-order chi connectivity index (χ1) is 19.2. The zero-order valence-electron chi connectivity index (χ0n) is 22.3. The van der Waals surface area contributed by atoms with Crippen molar-refractivity contribution in [3.63, 3.8) is 0 Å². The first-order valence-corrected chi connectivity index (χ1v) is 15.2. The number of nitrogens with zero attached hydrogens (tertiary/aromatic N) is 2. The van der Waals surface area contributed by atoms with Gasteiger partial charge in [-0.05, 0) is 55.2 Å². The maximum Gasteiger partial charge on any atom is 0.264 e. The van der Waals surface area contributed by atoms with Gasteiger partial charge in [0.2, 0.25) is 11.8 Å². The minimum atomic E-state index is -4.34. The van der Waals surface area contributed by atoms with Crippen LogP contribution < -0.4 is 9.62 Å². The van der Waals surface area contributed by atoms with Crippen molar-refractivity contribution >= 4 is 39.1 Å². The molecule has 1 atom stereocenters. The van der Waals surface area contributed by atoms with Crippen LogP contribution in [0.3, 0.4) is 0 Å². The summed E-state index contributed by atoms with van der Waals surface area (Å²) in [5, 5.41) is 3.47. The molecule has 10 heteroatoms. The van der Waals surface area contributed by atoms with Crippen LogP contribution in [0.2, 0.25) is 5.02 Å². The SMILES string of the molecule is CC[C@@H](C(=O)NC1CCCC1)N(Cc1ccccc1Cl)C(=O)CN(c1ccccc1F)S(=O)(=O)c1ccccc1. The fraction of sp³-hybridized carbons (Fsp3) is 0.333. The van der Waals surface area contributed by atoms with E-state index < -0.39 is 34.3 Å². The summed E-state index contributed by atoms with van der Waals surface area (Å²) in [6.45, 7) is 1.06. The van der Waals surface area contributed by atoms with Crippen LogP contribution in [0.4, 0.5) is 10.1 Å². The molecule has 1 N–H and O–H groups in total. The lowest BCUT2D eigenvalue weighted by Gasteiger charge is -2.34. The van der Waals surface area contributed by atoms with Gasteiger partial charge in [0.25, 0.3) is 10.0 Å². The molecule has 1 fully saturated rings. The molecular weight excluding hydrogens is 553 g/mol. The molecular formula is C30H33ClFN3O4S. The minimum Gasteiger partial charge on any atom is -0.352 e. The number of rotatable bonds is 11. The molecule has 0 radical (unpaired) electrons. The third-order valence-electron chi connectivity index (χ3n) is 7.12. The zero-order chi connectivity index (χ0) is 28.7. The van der Waals surface area contributed by atoms with Gasteiger partial charge < -0.3 is 10.2 Å². The molecule has 1 saturated carbocycles. The molecule has 0 saturated heterocycles. The molecule has 0 heterocycles. The Balaban J connectivity index is 1.72. The second kappa shape index (κ2) is 13.3. The van der Waals surface area contributed by atoms with E-state index in [2.05, 4.69) is 5.32 Å². The van der Waals surface area contributed by atoms with Crippen molar-refractivity contribution in [2.24, 2.45) is 0 Å². The lowest BCUT2D eigenvalue weighted by atomic mass is 10.1. The van der Waals surface area contributed by atoms with E-state index in [1.165, 1.54) is 35.2 Å². The summed E-state index contributed by atoms with van der Waals surface area (Å²) in [5.41, 5.74) is 0.342. The maximum atomic E-state index is 15.0. The molecule has 212 valence electrons. The Bertz CT molecular complexity index is 1430. The van der Waals surface area contributed by atoms with Gasteiger partial charge in [-0.25, -0.2) is 12.8 Å². The zero-order valence-corrected chi connectivity index (χ0v) is 23.9. The second-order valence-electron chi connectivity index (χ2n) is 9.80. The van der Waals surface area contributed by atoms with Crippen LogP contribution in [0.5, 0.6) is 0 Å². The third kappa shape index (κ3) is 6.82. The predicted octanol–water partition coefficient (Wildman–Crippen LogP) is 5.54. The number of hydrogen-bond acceptors (Lipinski definition) is 4. The van der Waals surface area contributed by atoms with Crippen molar-refractivity contribution < 1.29 is 22.4 Å². The number of halogens is 2. The topological polar surface area (TPSA) is 86.8 Å². The van der Waals surface area contributed by atoms with Gasteiger partial charge in [-0.3, -0.25) is 13.9 Å². The number of amides is 2. The van der Waals surface area contributed by atoms with E-state index in [-0.39, 0.29) is 29.1 Å². The number of hydrogen-bond donors (Lipinski definition) is 1. The van der Waals surface area contributed by atoms with Crippen molar-refractivity contribution in [3.8, 4) is 0 Å². The Kier molecular flexibility index (Phi) is 9.81. The number of para-hydroxylation sites is 1. The molecule has 0 aromatic heterocycles. The number of sulfonamides is 1. The highest BCUT2D eigenvalue weighted by Gasteiger charge is 2.35. The Hall–Kier alpha value is -3.43. The van der Waals surface area contributed by atoms with Crippen LogP contribution in [-0.4, -0.2) is 43.8 Å². The summed E-state index contributed by atoms with van der Waals surface area (Å²) in [6, 6.07) is 19.1. The van der Waals surface area contributed by atoms with Gasteiger partial charge in [-0.2, -0.15) is 0 Å². The van der Waals surface area contributed by atoms with Crippen LogP contribution in [0, 0.1) is 5.82 Å². The Morgan fingerprint density at radius 2 is 1.60 bits per heavy atom. The van der Waals surface area contributed by atoms with Gasteiger partial charge in [0.05, 0.1) is 10.6 Å². The normalized spacial score (nSPS) is 14.5. The Morgan fingerprint density at radius 3 is 2.25 bits per heavy atom. The number of nitrogens with one attached hydrogen (secondary N) is 1. The monoisotopic (exact) mass is 585 g/mol. The van der Waals surface area contributed by atoms with Gasteiger partial charge in [0.15, 0.2) is 0 Å². The summed E-state index contributed by atoms with van der Waals surface area (Å²) >= 11 is 6.42. The summed E-state index contributed by atoms with van der Waals surface area (Å²) in [4.78, 5) is 28.8. The lowest BCUT2D eigenvalue weighted by molar-refractivity contribution is -0.140. The van der Waals surface area contributed by atoms with E-state index in [1.54, 1.807) is 49.4 Å². The van der Waals surface area contributed by atoms with Gasteiger partial charge in [-0.1, -0.05) is 79.9 Å². The van der Waals surface area contributed by atoms with E-state index in [9.17, 15) is 18.0 Å². The van der Waals surface area contributed by atoms with Crippen LogP contribution in [0.1, 0.15) is 44.6 Å². The lowest BCUT2D eigenvalue weighted by Crippen LogP contribution is -2.53. The summed E-state index contributed by atoms with van der Waals surface area (Å²) < 4.78 is 43.3. The first-order valence-electron chi connectivity index (χ1n) is 13.4. The van der Waals surface area contributed by atoms with Gasteiger partial charge >= 0.3 is 0 Å². The smallest absolute Gasteiger partial charge is 0.264 e. The Morgan fingerprint density at radius 1 is 0.975 bits per heavy atom. The number of anilines is 1. The average Bonchev–Trinajstić information content (AvgIpc) is 3.46. The highest BCUT2D eigenvalue weighted by atomic mass is 35.5. The largest absolute Gasteiger partial charge is 0.352 e. The van der Waals surface area contributed by atoms with E-state index in [0.717, 1.165) is 36.1 Å². The van der Waals surface area contributed by atoms with Crippen molar-refractivity contribution in [1.29, 1.82) is 0 Å². The van der Waals surface area contributed by atoms with Crippen molar-refractivity contribution in [1.82, 2.24) is 10.2 Å². The first kappa shape index (κ1) is 29.6. The van der Waals surface area contributed by atoms with Gasteiger partial charge in [-0.15, -0.1) is 0 Å². The number of carbonyl (C=O) groups is 2. The highest BCUT2D eigenvalue weighted by Crippen LogP contribution is 2.28. The molecule has 0 unspecified atom stereocenters. The molecule has 3 aromatic rings. The van der Waals surface area contributed by atoms with E-state index in [0.29, 0.717) is 17.0 Å². The fourth-order valence-corrected chi connectivity index (χ4v) is 6.62. The Labute approximate surface area is 240 Å². The minimum absolute atomic E-state index is 0.0222. The predicted molar refractivity (Wildman–Crippen MR) is 154 cm³/mol. The van der Waals surface area contributed by atoms with Crippen molar-refractivity contribution in [2.45, 2.75) is 62.6 Å². The molecule has 7 nitrogen and oxygen atoms in total. The van der Waals surface area contributed by atoms with Crippen LogP contribution >= 0.6 is 11.6 Å². The van der Waals surface area contributed by atoms with Gasteiger partial charge in [0.1, 0.15) is 18.4 Å². The molecule has 1 aliphatic rings. The van der Waals surface area contributed by atoms with E-state index >= 15 is 4.39 Å². The highest BCUT2D eigenvalue weighted by molar-refractivity contribution is 7.92. The van der Waals surface area contributed by atoms with Crippen molar-refractivity contribution in [3.05, 3.63) is 95.3 Å². The number of benzene rings is 3. The molecule has 3 aromatic carbocycles. The number of carbonyl (C=O) groups excluding carboxylic acids is 2. The van der Waals surface area contributed by atoms with Crippen LogP contribution in [-0.2, 0) is 26.2 Å². The van der Waals surface area contributed by atoms with Gasteiger partial charge in [0, 0.05) is 17.6 Å². The molecule has 4 rings (SSSR count). The van der Waals surface area contributed by atoms with E-state index in [4.69, 9.17) is 11.6 Å². The summed E-state index contributed by atoms with van der Waals surface area (Å²) in [7, 11) is -4.34. The molecule has 0 spiro atoms. The molecule has 0 aliphatic heterocycles. The standard InChI is InChI=1S/C30H33ClFN3O4S/c1-2-27(30(37)33-23-13-7-8-14-23)34(20-22-12-6-9-17-25(22)31)29(36)21-35(28-19-11-10-18-26(28)32)40(38,39)24-15-4-3-5-16-24/h3-6,9-12,15-19,23,27H,2,7-8,13-14,20-21H2,1H3,(H,33,37)/t27-/m0/s1. The quantitative estimate of drug-likeness (QED) is 0.320. The maximum absolute atomic E-state index is 15.0. The summed E-state index contributed by atoms with van der Waals surface area (Å²) in [5.74, 6) is -1.76. The molecule has 40 heavy (non-hydrogen) atoms. The van der Waals surface area contributed by atoms with Crippen LogP contribution in [0.25, 0.3) is 0 Å². The molecule has 1 aliphatic carbocycles. The second-order valence-corrected chi connectivity index (χ2v) is 12.1. The van der Waals surface area contributed by atoms with E-state index in [1.807, 2.05) is 0 Å². The fourth-order valence-electron chi connectivity index (χ4n) is 4.98.